The third kappa shape index (κ3) is 3.07. The van der Waals surface area contributed by atoms with Crippen LogP contribution in [-0.4, -0.2) is 7.05 Å². The molecule has 0 aliphatic rings. The van der Waals surface area contributed by atoms with Crippen molar-refractivity contribution in [3.63, 3.8) is 0 Å². The summed E-state index contributed by atoms with van der Waals surface area (Å²) < 4.78 is 1.35. The molecule has 1 N–H and O–H groups in total. The number of likely N-dealkylation sites (N-methyl/N-ethyl adjacent to an activating group) is 1. The van der Waals surface area contributed by atoms with Gasteiger partial charge in [-0.05, 0) is 54.9 Å². The van der Waals surface area contributed by atoms with E-state index >= 15 is 0 Å². The second-order valence-electron chi connectivity index (χ2n) is 3.14. The first kappa shape index (κ1) is 11.2. The Morgan fingerprint density at radius 2 is 2.31 bits per heavy atom. The van der Waals surface area contributed by atoms with Gasteiger partial charge in [0.05, 0.1) is 6.04 Å². The van der Waals surface area contributed by atoms with Gasteiger partial charge in [-0.25, -0.2) is 0 Å². The summed E-state index contributed by atoms with van der Waals surface area (Å²) in [4.78, 5) is 1.41. The minimum Gasteiger partial charge on any atom is -0.309 e. The third-order valence-electron chi connectivity index (χ3n) is 1.74. The molecule has 1 rings (SSSR count). The topological polar surface area (TPSA) is 12.0 Å². The number of hydrogen-bond donors (Lipinski definition) is 1. The van der Waals surface area contributed by atoms with Crippen molar-refractivity contribution in [1.82, 2.24) is 5.32 Å². The Morgan fingerprint density at radius 1 is 1.62 bits per heavy atom. The maximum atomic E-state index is 3.31. The fourth-order valence-corrected chi connectivity index (χ4v) is 3.16. The summed E-state index contributed by atoms with van der Waals surface area (Å²) >= 11 is 4.19. The lowest BCUT2D eigenvalue weighted by Gasteiger charge is -2.11. The van der Waals surface area contributed by atoms with Crippen LogP contribution in [0.15, 0.2) is 23.1 Å². The Morgan fingerprint density at radius 3 is 2.69 bits per heavy atom. The Balaban J connectivity index is 2.91. The monoisotopic (exact) mass is 307 g/mol. The van der Waals surface area contributed by atoms with Crippen LogP contribution in [-0.2, 0) is 0 Å². The van der Waals surface area contributed by atoms with E-state index in [0.29, 0.717) is 6.04 Å². The molecular weight excluding hydrogens is 293 g/mol. The maximum Gasteiger partial charge on any atom is 0.0611 e. The lowest BCUT2D eigenvalue weighted by molar-refractivity contribution is 0.719. The molecule has 1 unspecified atom stereocenters. The molecule has 72 valence electrons. The fourth-order valence-electron chi connectivity index (χ4n) is 1.15. The van der Waals surface area contributed by atoms with Gasteiger partial charge in [-0.3, -0.25) is 0 Å². The Labute approximate surface area is 97.4 Å². The van der Waals surface area contributed by atoms with E-state index in [2.05, 4.69) is 59.3 Å². The number of nitrogens with one attached hydrogen (secondary N) is 1. The number of hydrogen-bond acceptors (Lipinski definition) is 2. The normalized spacial score (nSPS) is 12.6. The second kappa shape index (κ2) is 5.12. The van der Waals surface area contributed by atoms with E-state index in [1.165, 1.54) is 14.0 Å². The van der Waals surface area contributed by atoms with Gasteiger partial charge in [0.2, 0.25) is 0 Å². The van der Waals surface area contributed by atoms with Gasteiger partial charge in [0.1, 0.15) is 0 Å². The quantitative estimate of drug-likeness (QED) is 0.665. The molecule has 1 nitrogen and oxygen atoms in total. The van der Waals surface area contributed by atoms with Crippen molar-refractivity contribution in [3.8, 4) is 0 Å². The van der Waals surface area contributed by atoms with Crippen LogP contribution in [0.5, 0.6) is 0 Å². The summed E-state index contributed by atoms with van der Waals surface area (Å²) in [5.41, 5.74) is 1.35. The summed E-state index contributed by atoms with van der Waals surface area (Å²) in [6.07, 6.45) is 2.26. The molecule has 0 amide bonds. The summed E-state index contributed by atoms with van der Waals surface area (Å²) in [5.74, 6) is 0. The lowest BCUT2D eigenvalue weighted by Crippen LogP contribution is -2.13. The largest absolute Gasteiger partial charge is 0.309 e. The van der Waals surface area contributed by atoms with Gasteiger partial charge in [0, 0.05) is 8.45 Å². The Bertz CT molecular complexity index is 300. The van der Waals surface area contributed by atoms with E-state index in [0.717, 1.165) is 0 Å². The third-order valence-corrected chi connectivity index (χ3v) is 4.04. The zero-order valence-electron chi connectivity index (χ0n) is 8.10. The molecule has 0 fully saturated rings. The van der Waals surface area contributed by atoms with Gasteiger partial charge in [-0.15, -0.1) is 11.3 Å². The van der Waals surface area contributed by atoms with E-state index in [4.69, 9.17) is 0 Å². The summed E-state index contributed by atoms with van der Waals surface area (Å²) in [6, 6.07) is 2.53. The van der Waals surface area contributed by atoms with Crippen molar-refractivity contribution in [3.05, 3.63) is 31.5 Å². The van der Waals surface area contributed by atoms with Gasteiger partial charge in [-0.2, -0.15) is 0 Å². The van der Waals surface area contributed by atoms with E-state index in [1.54, 1.807) is 0 Å². The highest BCUT2D eigenvalue weighted by Crippen LogP contribution is 2.27. The average Bonchev–Trinajstić information content (AvgIpc) is 2.47. The highest BCUT2D eigenvalue weighted by molar-refractivity contribution is 14.1. The molecule has 13 heavy (non-hydrogen) atoms. The molecule has 3 heteroatoms. The van der Waals surface area contributed by atoms with Gasteiger partial charge in [0.15, 0.2) is 0 Å². The number of allylic oxidation sites excluding steroid dienone is 1. The molecule has 1 aromatic rings. The first-order valence-electron chi connectivity index (χ1n) is 4.20. The molecule has 0 aliphatic carbocycles. The minimum atomic E-state index is 0.372. The summed E-state index contributed by atoms with van der Waals surface area (Å²) in [5, 5.41) is 5.45. The Hall–Kier alpha value is 0.130. The highest BCUT2D eigenvalue weighted by Gasteiger charge is 2.10. The first-order chi connectivity index (χ1) is 6.15. The van der Waals surface area contributed by atoms with Crippen molar-refractivity contribution in [2.75, 3.05) is 7.05 Å². The smallest absolute Gasteiger partial charge is 0.0611 e. The van der Waals surface area contributed by atoms with Crippen LogP contribution in [0.3, 0.4) is 0 Å². The average molecular weight is 307 g/mol. The summed E-state index contributed by atoms with van der Waals surface area (Å²) in [7, 11) is 2.00. The highest BCUT2D eigenvalue weighted by atomic mass is 127. The van der Waals surface area contributed by atoms with Crippen molar-refractivity contribution in [2.24, 2.45) is 0 Å². The second-order valence-corrected chi connectivity index (χ2v) is 5.25. The molecule has 0 spiro atoms. The van der Waals surface area contributed by atoms with Crippen LogP contribution in [0.25, 0.3) is 0 Å². The van der Waals surface area contributed by atoms with Crippen molar-refractivity contribution >= 4 is 33.9 Å². The molecule has 1 aromatic heterocycles. The molecule has 0 aliphatic heterocycles. The van der Waals surface area contributed by atoms with E-state index in [-0.39, 0.29) is 0 Å². The zero-order chi connectivity index (χ0) is 9.84. The molecule has 1 atom stereocenters. The first-order valence-corrected chi connectivity index (χ1v) is 6.16. The minimum absolute atomic E-state index is 0.372. The SMILES string of the molecule is CNC(C=C(C)C)c1sccc1I. The number of halogens is 1. The van der Waals surface area contributed by atoms with Gasteiger partial charge < -0.3 is 5.32 Å². The molecule has 0 radical (unpaired) electrons. The van der Waals surface area contributed by atoms with E-state index in [9.17, 15) is 0 Å². The van der Waals surface area contributed by atoms with Crippen LogP contribution in [0.2, 0.25) is 0 Å². The molecule has 0 aromatic carbocycles. The van der Waals surface area contributed by atoms with Crippen molar-refractivity contribution in [2.45, 2.75) is 19.9 Å². The van der Waals surface area contributed by atoms with Crippen LogP contribution in [0.4, 0.5) is 0 Å². The standard InChI is InChI=1S/C10H14INS/c1-7(2)6-9(12-3)10-8(11)4-5-13-10/h4-6,9,12H,1-3H3. The summed E-state index contributed by atoms with van der Waals surface area (Å²) in [6.45, 7) is 4.26. The van der Waals surface area contributed by atoms with E-state index in [1.807, 2.05) is 18.4 Å². The zero-order valence-corrected chi connectivity index (χ0v) is 11.1. The van der Waals surface area contributed by atoms with Crippen LogP contribution < -0.4 is 5.32 Å². The van der Waals surface area contributed by atoms with Gasteiger partial charge in [-0.1, -0.05) is 11.6 Å². The molecule has 1 heterocycles. The predicted octanol–water partition coefficient (Wildman–Crippen LogP) is 3.58. The van der Waals surface area contributed by atoms with Crippen molar-refractivity contribution in [1.29, 1.82) is 0 Å². The van der Waals surface area contributed by atoms with E-state index < -0.39 is 0 Å². The molecule has 0 bridgehead atoms. The van der Waals surface area contributed by atoms with Crippen LogP contribution in [0.1, 0.15) is 24.8 Å². The fraction of sp³-hybridized carbons (Fsp3) is 0.400. The van der Waals surface area contributed by atoms with Gasteiger partial charge >= 0.3 is 0 Å². The lowest BCUT2D eigenvalue weighted by atomic mass is 10.2. The molecule has 0 saturated heterocycles. The predicted molar refractivity (Wildman–Crippen MR) is 68.3 cm³/mol. The Kier molecular flexibility index (Phi) is 4.41. The van der Waals surface area contributed by atoms with Crippen LogP contribution >= 0.6 is 33.9 Å². The maximum absolute atomic E-state index is 3.31. The van der Waals surface area contributed by atoms with Gasteiger partial charge in [0.25, 0.3) is 0 Å². The number of rotatable bonds is 3. The molecular formula is C10H14INS. The molecule has 0 saturated carbocycles. The van der Waals surface area contributed by atoms with Crippen molar-refractivity contribution < 1.29 is 0 Å². The number of thiophene rings is 1. The van der Waals surface area contributed by atoms with Crippen LogP contribution in [0, 0.1) is 3.57 Å².